The molecule has 0 fully saturated rings. The number of ether oxygens (including phenoxy) is 1. The molecule has 1 aromatic heterocycles. The third kappa shape index (κ3) is 3.28. The minimum absolute atomic E-state index is 0.0753. The number of rotatable bonds is 4. The Morgan fingerprint density at radius 1 is 1.25 bits per heavy atom. The lowest BCUT2D eigenvalue weighted by atomic mass is 10.2. The second-order valence-electron chi connectivity index (χ2n) is 5.08. The average molecular weight is 346 g/mol. The molecule has 3 aromatic rings. The standard InChI is InChI=1S/C17H13ClFN3O2/c1-11-16(17(23)24-10-12-5-2-3-8-15(12)19)20-21-22(11)14-7-4-6-13(18)9-14/h2-9H,10H2,1H3. The molecule has 7 heteroatoms. The molecule has 5 nitrogen and oxygen atoms in total. The third-order valence-electron chi connectivity index (χ3n) is 3.46. The van der Waals surface area contributed by atoms with Crippen LogP contribution in [0.4, 0.5) is 4.39 Å². The molecule has 0 radical (unpaired) electrons. The number of aromatic nitrogens is 3. The largest absolute Gasteiger partial charge is 0.456 e. The van der Waals surface area contributed by atoms with Gasteiger partial charge in [0.2, 0.25) is 0 Å². The molecular weight excluding hydrogens is 333 g/mol. The van der Waals surface area contributed by atoms with Crippen molar-refractivity contribution in [1.29, 1.82) is 0 Å². The molecule has 0 aliphatic rings. The molecule has 24 heavy (non-hydrogen) atoms. The number of hydrogen-bond donors (Lipinski definition) is 0. The summed E-state index contributed by atoms with van der Waals surface area (Å²) >= 11 is 5.96. The molecule has 1 heterocycles. The molecule has 0 unspecified atom stereocenters. The Bertz CT molecular complexity index is 895. The summed E-state index contributed by atoms with van der Waals surface area (Å²) in [5, 5.41) is 8.36. The minimum atomic E-state index is -0.663. The fourth-order valence-electron chi connectivity index (χ4n) is 2.20. The fraction of sp³-hybridized carbons (Fsp3) is 0.118. The fourth-order valence-corrected chi connectivity index (χ4v) is 2.38. The van der Waals surface area contributed by atoms with Crippen LogP contribution in [0, 0.1) is 12.7 Å². The van der Waals surface area contributed by atoms with Crippen LogP contribution in [0.15, 0.2) is 48.5 Å². The van der Waals surface area contributed by atoms with Gasteiger partial charge in [0.15, 0.2) is 5.69 Å². The van der Waals surface area contributed by atoms with E-state index in [0.29, 0.717) is 22.0 Å². The zero-order chi connectivity index (χ0) is 17.1. The van der Waals surface area contributed by atoms with Gasteiger partial charge < -0.3 is 4.74 Å². The van der Waals surface area contributed by atoms with Crippen molar-refractivity contribution in [2.24, 2.45) is 0 Å². The van der Waals surface area contributed by atoms with Crippen LogP contribution in [-0.4, -0.2) is 21.0 Å². The van der Waals surface area contributed by atoms with E-state index in [-0.39, 0.29) is 12.3 Å². The highest BCUT2D eigenvalue weighted by Gasteiger charge is 2.19. The summed E-state index contributed by atoms with van der Waals surface area (Å²) in [5.41, 5.74) is 1.56. The van der Waals surface area contributed by atoms with Gasteiger partial charge in [-0.1, -0.05) is 41.1 Å². The maximum Gasteiger partial charge on any atom is 0.361 e. The van der Waals surface area contributed by atoms with E-state index < -0.39 is 11.8 Å². The summed E-state index contributed by atoms with van der Waals surface area (Å²) in [6.07, 6.45) is 0. The lowest BCUT2D eigenvalue weighted by molar-refractivity contribution is 0.0461. The number of carbonyl (C=O) groups excluding carboxylic acids is 1. The molecule has 0 bridgehead atoms. The first-order valence-electron chi connectivity index (χ1n) is 7.15. The number of halogens is 2. The predicted octanol–water partition coefficient (Wildman–Crippen LogP) is 3.73. The number of carbonyl (C=O) groups is 1. The van der Waals surface area contributed by atoms with Gasteiger partial charge in [-0.15, -0.1) is 5.10 Å². The van der Waals surface area contributed by atoms with Gasteiger partial charge in [0.1, 0.15) is 12.4 Å². The molecule has 0 atom stereocenters. The Morgan fingerprint density at radius 2 is 2.04 bits per heavy atom. The van der Waals surface area contributed by atoms with Crippen LogP contribution < -0.4 is 0 Å². The van der Waals surface area contributed by atoms with Gasteiger partial charge in [-0.05, 0) is 31.2 Å². The van der Waals surface area contributed by atoms with E-state index in [4.69, 9.17) is 16.3 Å². The summed E-state index contributed by atoms with van der Waals surface area (Å²) in [6.45, 7) is 1.52. The highest BCUT2D eigenvalue weighted by atomic mass is 35.5. The first-order valence-corrected chi connectivity index (χ1v) is 7.53. The first kappa shape index (κ1) is 16.1. The molecule has 2 aromatic carbocycles. The first-order chi connectivity index (χ1) is 11.6. The van der Waals surface area contributed by atoms with E-state index in [1.807, 2.05) is 0 Å². The van der Waals surface area contributed by atoms with Crippen molar-refractivity contribution in [3.05, 3.63) is 76.3 Å². The van der Waals surface area contributed by atoms with Crippen molar-refractivity contribution < 1.29 is 13.9 Å². The molecule has 0 aliphatic heterocycles. The van der Waals surface area contributed by atoms with E-state index in [1.54, 1.807) is 49.4 Å². The summed E-state index contributed by atoms with van der Waals surface area (Å²) in [5.74, 6) is -1.09. The van der Waals surface area contributed by atoms with E-state index in [0.717, 1.165) is 0 Å². The Balaban J connectivity index is 1.78. The number of nitrogens with zero attached hydrogens (tertiary/aromatic N) is 3. The summed E-state index contributed by atoms with van der Waals surface area (Å²) in [4.78, 5) is 12.2. The van der Waals surface area contributed by atoms with Gasteiger partial charge in [-0.3, -0.25) is 0 Å². The molecule has 0 saturated heterocycles. The van der Waals surface area contributed by atoms with Crippen LogP contribution in [0.1, 0.15) is 21.7 Å². The van der Waals surface area contributed by atoms with E-state index in [9.17, 15) is 9.18 Å². The van der Waals surface area contributed by atoms with Crippen molar-refractivity contribution in [2.75, 3.05) is 0 Å². The molecule has 3 rings (SSSR count). The Kier molecular flexibility index (Phi) is 4.57. The second kappa shape index (κ2) is 6.80. The minimum Gasteiger partial charge on any atom is -0.456 e. The SMILES string of the molecule is Cc1c(C(=O)OCc2ccccc2F)nnn1-c1cccc(Cl)c1. The molecule has 122 valence electrons. The lowest BCUT2D eigenvalue weighted by Crippen LogP contribution is -2.09. The quantitative estimate of drug-likeness (QED) is 0.676. The van der Waals surface area contributed by atoms with Crippen LogP contribution in [0.2, 0.25) is 5.02 Å². The Hall–Kier alpha value is -2.73. The third-order valence-corrected chi connectivity index (χ3v) is 3.69. The van der Waals surface area contributed by atoms with Crippen molar-refractivity contribution in [2.45, 2.75) is 13.5 Å². The molecule has 0 saturated carbocycles. The average Bonchev–Trinajstić information content (AvgIpc) is 2.95. The van der Waals surface area contributed by atoms with Crippen LogP contribution in [-0.2, 0) is 11.3 Å². The van der Waals surface area contributed by atoms with Gasteiger partial charge in [-0.2, -0.15) is 0 Å². The van der Waals surface area contributed by atoms with Crippen molar-refractivity contribution >= 4 is 17.6 Å². The van der Waals surface area contributed by atoms with Crippen LogP contribution in [0.3, 0.4) is 0 Å². The van der Waals surface area contributed by atoms with Gasteiger partial charge in [-0.25, -0.2) is 13.9 Å². The molecule has 0 aliphatic carbocycles. The molecular formula is C17H13ClFN3O2. The topological polar surface area (TPSA) is 57.0 Å². The van der Waals surface area contributed by atoms with Gasteiger partial charge in [0.25, 0.3) is 0 Å². The highest BCUT2D eigenvalue weighted by molar-refractivity contribution is 6.30. The van der Waals surface area contributed by atoms with E-state index in [2.05, 4.69) is 10.3 Å². The van der Waals surface area contributed by atoms with Crippen molar-refractivity contribution in [3.63, 3.8) is 0 Å². The maximum absolute atomic E-state index is 13.5. The molecule has 0 amide bonds. The zero-order valence-electron chi connectivity index (χ0n) is 12.7. The van der Waals surface area contributed by atoms with Gasteiger partial charge in [0, 0.05) is 10.6 Å². The van der Waals surface area contributed by atoms with Crippen LogP contribution in [0.5, 0.6) is 0 Å². The van der Waals surface area contributed by atoms with Crippen molar-refractivity contribution in [3.8, 4) is 5.69 Å². The predicted molar refractivity (Wildman–Crippen MR) is 86.6 cm³/mol. The summed E-state index contributed by atoms with van der Waals surface area (Å²) in [7, 11) is 0. The number of esters is 1. The monoisotopic (exact) mass is 345 g/mol. The normalized spacial score (nSPS) is 10.6. The number of benzene rings is 2. The molecule has 0 N–H and O–H groups in total. The van der Waals surface area contributed by atoms with Gasteiger partial charge >= 0.3 is 5.97 Å². The Labute approximate surface area is 142 Å². The zero-order valence-corrected chi connectivity index (χ0v) is 13.5. The van der Waals surface area contributed by atoms with E-state index >= 15 is 0 Å². The molecule has 0 spiro atoms. The highest BCUT2D eigenvalue weighted by Crippen LogP contribution is 2.17. The summed E-state index contributed by atoms with van der Waals surface area (Å²) < 4.78 is 20.2. The van der Waals surface area contributed by atoms with Gasteiger partial charge in [0.05, 0.1) is 11.4 Å². The maximum atomic E-state index is 13.5. The van der Waals surface area contributed by atoms with Crippen LogP contribution >= 0.6 is 11.6 Å². The van der Waals surface area contributed by atoms with E-state index in [1.165, 1.54) is 10.7 Å². The number of hydrogen-bond acceptors (Lipinski definition) is 4. The smallest absolute Gasteiger partial charge is 0.361 e. The Morgan fingerprint density at radius 3 is 2.79 bits per heavy atom. The van der Waals surface area contributed by atoms with Crippen LogP contribution in [0.25, 0.3) is 5.69 Å². The second-order valence-corrected chi connectivity index (χ2v) is 5.52. The van der Waals surface area contributed by atoms with Crippen molar-refractivity contribution in [1.82, 2.24) is 15.0 Å². The summed E-state index contributed by atoms with van der Waals surface area (Å²) in [6, 6.07) is 13.1. The lowest BCUT2D eigenvalue weighted by Gasteiger charge is -2.06.